The molecule has 0 unspecified atom stereocenters. The zero-order chi connectivity index (χ0) is 12.7. The van der Waals surface area contributed by atoms with E-state index in [1.54, 1.807) is 7.11 Å². The summed E-state index contributed by atoms with van der Waals surface area (Å²) in [7, 11) is 1.66. The maximum Gasteiger partial charge on any atom is 0.220 e. The topological polar surface area (TPSA) is 38.3 Å². The number of aryl methyl sites for hydroxylation is 1. The monoisotopic (exact) mass is 253 g/mol. The molecular weight excluding hydrogens is 234 g/mol. The van der Waals surface area contributed by atoms with E-state index in [2.05, 4.69) is 24.0 Å². The molecule has 0 radical (unpaired) electrons. The van der Waals surface area contributed by atoms with Gasteiger partial charge < -0.3 is 10.1 Å². The number of carbonyl (C=O) groups is 1. The number of methoxy groups -OCH3 is 1. The highest BCUT2D eigenvalue weighted by Crippen LogP contribution is 2.19. The Balaban J connectivity index is 2.50. The lowest BCUT2D eigenvalue weighted by molar-refractivity contribution is -0.120. The van der Waals surface area contributed by atoms with Crippen LogP contribution in [0.15, 0.2) is 18.2 Å². The number of hydrogen-bond acceptors (Lipinski definition) is 3. The van der Waals surface area contributed by atoms with E-state index in [1.807, 2.05) is 19.1 Å². The second-order valence-electron chi connectivity index (χ2n) is 3.89. The lowest BCUT2D eigenvalue weighted by Crippen LogP contribution is -2.25. The fraction of sp³-hybridized carbons (Fsp3) is 0.462. The first-order chi connectivity index (χ1) is 8.17. The Morgan fingerprint density at radius 2 is 2.24 bits per heavy atom. The van der Waals surface area contributed by atoms with Crippen molar-refractivity contribution in [1.82, 2.24) is 5.32 Å². The third-order valence-corrected chi connectivity index (χ3v) is 2.71. The molecule has 17 heavy (non-hydrogen) atoms. The van der Waals surface area contributed by atoms with Crippen molar-refractivity contribution in [2.24, 2.45) is 0 Å². The molecule has 0 aliphatic rings. The van der Waals surface area contributed by atoms with Gasteiger partial charge >= 0.3 is 0 Å². The van der Waals surface area contributed by atoms with Crippen LogP contribution in [0, 0.1) is 6.92 Å². The Morgan fingerprint density at radius 3 is 2.88 bits per heavy atom. The predicted molar refractivity (Wildman–Crippen MR) is 72.9 cm³/mol. The molecule has 1 amide bonds. The summed E-state index contributed by atoms with van der Waals surface area (Å²) in [6.07, 6.45) is 1.25. The van der Waals surface area contributed by atoms with Gasteiger partial charge in [0.2, 0.25) is 5.91 Å². The molecule has 0 aliphatic heterocycles. The van der Waals surface area contributed by atoms with Crippen molar-refractivity contribution >= 4 is 18.5 Å². The number of thiol groups is 1. The van der Waals surface area contributed by atoms with Gasteiger partial charge in [0.15, 0.2) is 0 Å². The molecular formula is C13H19NO2S. The van der Waals surface area contributed by atoms with E-state index in [9.17, 15) is 4.79 Å². The van der Waals surface area contributed by atoms with Crippen LogP contribution < -0.4 is 10.1 Å². The normalized spacial score (nSPS) is 10.1. The van der Waals surface area contributed by atoms with E-state index in [1.165, 1.54) is 5.56 Å². The number of benzene rings is 1. The van der Waals surface area contributed by atoms with Crippen molar-refractivity contribution in [3.05, 3.63) is 29.3 Å². The number of hydrogen-bond donors (Lipinski definition) is 2. The van der Waals surface area contributed by atoms with Crippen molar-refractivity contribution in [2.45, 2.75) is 19.8 Å². The highest BCUT2D eigenvalue weighted by Gasteiger charge is 2.04. The average molecular weight is 253 g/mol. The van der Waals surface area contributed by atoms with Crippen molar-refractivity contribution in [3.8, 4) is 5.75 Å². The minimum atomic E-state index is 0.0478. The first kappa shape index (κ1) is 13.9. The summed E-state index contributed by atoms with van der Waals surface area (Å²) in [4.78, 5) is 11.3. The molecule has 0 saturated heterocycles. The molecule has 1 aromatic rings. The molecule has 0 heterocycles. The van der Waals surface area contributed by atoms with E-state index < -0.39 is 0 Å². The summed E-state index contributed by atoms with van der Waals surface area (Å²) in [5.74, 6) is 1.50. The van der Waals surface area contributed by atoms with Crippen molar-refractivity contribution in [2.75, 3.05) is 19.4 Å². The van der Waals surface area contributed by atoms with E-state index in [-0.39, 0.29) is 5.91 Å². The molecule has 1 rings (SSSR count). The molecule has 0 bridgehead atoms. The molecule has 0 fully saturated rings. The van der Waals surface area contributed by atoms with Crippen LogP contribution in [-0.4, -0.2) is 25.3 Å². The summed E-state index contributed by atoms with van der Waals surface area (Å²) in [5, 5.41) is 2.86. The Kier molecular flexibility index (Phi) is 5.91. The Hall–Kier alpha value is -1.16. The molecule has 94 valence electrons. The zero-order valence-corrected chi connectivity index (χ0v) is 11.2. The third-order valence-electron chi connectivity index (χ3n) is 2.49. The quantitative estimate of drug-likeness (QED) is 0.761. The van der Waals surface area contributed by atoms with Crippen LogP contribution in [0.1, 0.15) is 17.5 Å². The molecule has 0 aliphatic carbocycles. The van der Waals surface area contributed by atoms with E-state index in [4.69, 9.17) is 4.74 Å². The number of nitrogens with one attached hydrogen (secondary N) is 1. The van der Waals surface area contributed by atoms with Crippen LogP contribution in [0.5, 0.6) is 5.75 Å². The smallest absolute Gasteiger partial charge is 0.220 e. The van der Waals surface area contributed by atoms with E-state index >= 15 is 0 Å². The van der Waals surface area contributed by atoms with E-state index in [0.717, 1.165) is 17.7 Å². The van der Waals surface area contributed by atoms with Gasteiger partial charge in [0.05, 0.1) is 7.11 Å². The van der Waals surface area contributed by atoms with E-state index in [0.29, 0.717) is 18.7 Å². The van der Waals surface area contributed by atoms with Crippen molar-refractivity contribution in [1.29, 1.82) is 0 Å². The van der Waals surface area contributed by atoms with Crippen LogP contribution in [0.25, 0.3) is 0 Å². The maximum atomic E-state index is 11.3. The maximum absolute atomic E-state index is 11.3. The van der Waals surface area contributed by atoms with Crippen LogP contribution in [0.2, 0.25) is 0 Å². The minimum absolute atomic E-state index is 0.0478. The second-order valence-corrected chi connectivity index (χ2v) is 4.34. The summed E-state index contributed by atoms with van der Waals surface area (Å²) >= 11 is 4.02. The summed E-state index contributed by atoms with van der Waals surface area (Å²) in [5.41, 5.74) is 2.32. The molecule has 0 aromatic heterocycles. The van der Waals surface area contributed by atoms with Crippen molar-refractivity contribution in [3.63, 3.8) is 0 Å². The van der Waals surface area contributed by atoms with Crippen LogP contribution in [0.3, 0.4) is 0 Å². The summed E-state index contributed by atoms with van der Waals surface area (Å²) < 4.78 is 5.28. The van der Waals surface area contributed by atoms with Gasteiger partial charge in [0.1, 0.15) is 5.75 Å². The number of carbonyl (C=O) groups excluding carboxylic acids is 1. The third kappa shape index (κ3) is 4.69. The average Bonchev–Trinajstić information content (AvgIpc) is 2.30. The number of amides is 1. The van der Waals surface area contributed by atoms with Gasteiger partial charge in [-0.2, -0.15) is 12.6 Å². The van der Waals surface area contributed by atoms with Crippen LogP contribution in [0.4, 0.5) is 0 Å². The molecule has 0 atom stereocenters. The Labute approximate surface area is 108 Å². The standard InChI is InChI=1S/C13H19NO2S/c1-10-3-4-12(16-2)11(9-10)5-7-14-13(15)6-8-17/h3-4,9,17H,5-8H2,1-2H3,(H,14,15). The zero-order valence-electron chi connectivity index (χ0n) is 10.3. The summed E-state index contributed by atoms with van der Waals surface area (Å²) in [6.45, 7) is 2.68. The number of ether oxygens (including phenoxy) is 1. The largest absolute Gasteiger partial charge is 0.496 e. The molecule has 0 saturated carbocycles. The van der Waals surface area contributed by atoms with Gasteiger partial charge in [-0.05, 0) is 30.7 Å². The minimum Gasteiger partial charge on any atom is -0.496 e. The number of rotatable bonds is 6. The van der Waals surface area contributed by atoms with Crippen LogP contribution in [-0.2, 0) is 11.2 Å². The van der Waals surface area contributed by atoms with Crippen molar-refractivity contribution < 1.29 is 9.53 Å². The first-order valence-electron chi connectivity index (χ1n) is 5.68. The second kappa shape index (κ2) is 7.22. The Morgan fingerprint density at radius 1 is 1.47 bits per heavy atom. The Bertz CT molecular complexity index is 380. The first-order valence-corrected chi connectivity index (χ1v) is 6.31. The molecule has 3 nitrogen and oxygen atoms in total. The SMILES string of the molecule is COc1ccc(C)cc1CCNC(=O)CCS. The highest BCUT2D eigenvalue weighted by molar-refractivity contribution is 7.80. The fourth-order valence-corrected chi connectivity index (χ4v) is 1.83. The van der Waals surface area contributed by atoms with Gasteiger partial charge in [-0.25, -0.2) is 0 Å². The van der Waals surface area contributed by atoms with Crippen LogP contribution >= 0.6 is 12.6 Å². The summed E-state index contributed by atoms with van der Waals surface area (Å²) in [6, 6.07) is 6.06. The van der Waals surface area contributed by atoms with Gasteiger partial charge in [-0.1, -0.05) is 17.7 Å². The molecule has 4 heteroatoms. The fourth-order valence-electron chi connectivity index (χ4n) is 1.63. The molecule has 1 N–H and O–H groups in total. The van der Waals surface area contributed by atoms with Gasteiger partial charge in [-0.3, -0.25) is 4.79 Å². The van der Waals surface area contributed by atoms with Gasteiger partial charge in [-0.15, -0.1) is 0 Å². The lowest BCUT2D eigenvalue weighted by atomic mass is 10.1. The predicted octanol–water partition coefficient (Wildman–Crippen LogP) is 1.98. The van der Waals surface area contributed by atoms with Gasteiger partial charge in [0.25, 0.3) is 0 Å². The highest BCUT2D eigenvalue weighted by atomic mass is 32.1. The molecule has 0 spiro atoms. The lowest BCUT2D eigenvalue weighted by Gasteiger charge is -2.10. The van der Waals surface area contributed by atoms with Gasteiger partial charge in [0, 0.05) is 13.0 Å². The molecule has 1 aromatic carbocycles.